The molecule has 3 rings (SSSR count). The van der Waals surface area contributed by atoms with Gasteiger partial charge in [0.2, 0.25) is 21.1 Å². The molecule has 2 heterocycles. The predicted octanol–water partition coefficient (Wildman–Crippen LogP) is 1.60. The molecule has 0 fully saturated rings. The predicted molar refractivity (Wildman–Crippen MR) is 75.9 cm³/mol. The number of rotatable bonds is 2. The zero-order chi connectivity index (χ0) is 15.9. The highest BCUT2D eigenvalue weighted by Gasteiger charge is 2.27. The molecule has 2 aromatic heterocycles. The third kappa shape index (κ3) is 2.13. The van der Waals surface area contributed by atoms with E-state index in [1.165, 1.54) is 18.3 Å². The Hall–Kier alpha value is -2.74. The molecular formula is C14H9FN2O4S. The Morgan fingerprint density at radius 1 is 1.14 bits per heavy atom. The Kier molecular flexibility index (Phi) is 3.18. The van der Waals surface area contributed by atoms with Gasteiger partial charge >= 0.3 is 0 Å². The normalized spacial score (nSPS) is 11.7. The molecule has 8 heteroatoms. The van der Waals surface area contributed by atoms with Gasteiger partial charge in [0.15, 0.2) is 4.90 Å². The molecule has 0 bridgehead atoms. The lowest BCUT2D eigenvalue weighted by Gasteiger charge is -2.07. The smallest absolute Gasteiger partial charge is 0.215 e. The monoisotopic (exact) mass is 320 g/mol. The SMILES string of the molecule is O=c1c(S(=O)(=O)c2ccc(F)cc2)c(O)[nH]c2ncccc12. The third-order valence-corrected chi connectivity index (χ3v) is 4.91. The lowest BCUT2D eigenvalue weighted by molar-refractivity contribution is 0.437. The van der Waals surface area contributed by atoms with Crippen LogP contribution in [-0.2, 0) is 9.84 Å². The molecule has 22 heavy (non-hydrogen) atoms. The van der Waals surface area contributed by atoms with Crippen LogP contribution in [0.3, 0.4) is 0 Å². The second-order valence-corrected chi connectivity index (χ2v) is 6.38. The van der Waals surface area contributed by atoms with E-state index in [0.717, 1.165) is 24.3 Å². The summed E-state index contributed by atoms with van der Waals surface area (Å²) in [6.45, 7) is 0. The first-order chi connectivity index (χ1) is 10.4. The van der Waals surface area contributed by atoms with Gasteiger partial charge in [-0.05, 0) is 36.4 Å². The Morgan fingerprint density at radius 2 is 1.82 bits per heavy atom. The number of aromatic amines is 1. The first-order valence-electron chi connectivity index (χ1n) is 6.12. The first kappa shape index (κ1) is 14.2. The van der Waals surface area contributed by atoms with Crippen LogP contribution in [0.2, 0.25) is 0 Å². The van der Waals surface area contributed by atoms with Gasteiger partial charge in [-0.1, -0.05) is 0 Å². The summed E-state index contributed by atoms with van der Waals surface area (Å²) in [6.07, 6.45) is 1.39. The minimum atomic E-state index is -4.30. The van der Waals surface area contributed by atoms with Crippen LogP contribution in [0, 0.1) is 5.82 Å². The van der Waals surface area contributed by atoms with Gasteiger partial charge in [0, 0.05) is 6.20 Å². The Bertz CT molecular complexity index is 1030. The van der Waals surface area contributed by atoms with Gasteiger partial charge in [0.25, 0.3) is 0 Å². The van der Waals surface area contributed by atoms with Crippen molar-refractivity contribution in [2.45, 2.75) is 9.79 Å². The fourth-order valence-corrected chi connectivity index (χ4v) is 3.46. The van der Waals surface area contributed by atoms with Gasteiger partial charge in [-0.2, -0.15) is 0 Å². The van der Waals surface area contributed by atoms with E-state index in [2.05, 4.69) is 9.97 Å². The summed E-state index contributed by atoms with van der Waals surface area (Å²) in [5, 5.41) is 9.92. The number of H-pyrrole nitrogens is 1. The summed E-state index contributed by atoms with van der Waals surface area (Å²) in [5.41, 5.74) is -0.799. The zero-order valence-corrected chi connectivity index (χ0v) is 11.8. The van der Waals surface area contributed by atoms with Crippen LogP contribution in [-0.4, -0.2) is 23.5 Å². The highest BCUT2D eigenvalue weighted by molar-refractivity contribution is 7.91. The maximum absolute atomic E-state index is 12.9. The average Bonchev–Trinajstić information content (AvgIpc) is 2.47. The third-order valence-electron chi connectivity index (χ3n) is 3.10. The van der Waals surface area contributed by atoms with Crippen molar-refractivity contribution in [2.75, 3.05) is 0 Å². The van der Waals surface area contributed by atoms with Gasteiger partial charge in [-0.3, -0.25) is 4.79 Å². The van der Waals surface area contributed by atoms with E-state index in [9.17, 15) is 22.7 Å². The van der Waals surface area contributed by atoms with Crippen LogP contribution in [0.25, 0.3) is 11.0 Å². The van der Waals surface area contributed by atoms with Gasteiger partial charge in [-0.25, -0.2) is 17.8 Å². The number of hydrogen-bond donors (Lipinski definition) is 2. The first-order valence-corrected chi connectivity index (χ1v) is 7.60. The fraction of sp³-hybridized carbons (Fsp3) is 0. The number of aromatic nitrogens is 2. The van der Waals surface area contributed by atoms with Crippen LogP contribution in [0.1, 0.15) is 0 Å². The van der Waals surface area contributed by atoms with Crippen LogP contribution in [0.4, 0.5) is 4.39 Å². The largest absolute Gasteiger partial charge is 0.494 e. The highest BCUT2D eigenvalue weighted by atomic mass is 32.2. The molecule has 1 aromatic carbocycles. The standard InChI is InChI=1S/C14H9FN2O4S/c15-8-3-5-9(6-4-8)22(20,21)12-11(18)10-2-1-7-16-13(10)17-14(12)19/h1-7H,(H2,16,17,18,19). The molecule has 0 aliphatic carbocycles. The number of benzene rings is 1. The molecule has 0 atom stereocenters. The molecular weight excluding hydrogens is 311 g/mol. The summed E-state index contributed by atoms with van der Waals surface area (Å²) < 4.78 is 37.9. The minimum absolute atomic E-state index is 0.0287. The molecule has 0 spiro atoms. The molecule has 0 aliphatic rings. The van der Waals surface area contributed by atoms with Crippen molar-refractivity contribution < 1.29 is 17.9 Å². The minimum Gasteiger partial charge on any atom is -0.494 e. The summed E-state index contributed by atoms with van der Waals surface area (Å²) in [5.74, 6) is -1.42. The molecule has 112 valence electrons. The zero-order valence-electron chi connectivity index (χ0n) is 10.9. The second kappa shape index (κ2) is 4.92. The van der Waals surface area contributed by atoms with E-state index in [4.69, 9.17) is 0 Å². The van der Waals surface area contributed by atoms with Crippen molar-refractivity contribution in [3.05, 3.63) is 58.6 Å². The van der Waals surface area contributed by atoms with Gasteiger partial charge in [0.05, 0.1) is 10.3 Å². The Morgan fingerprint density at radius 3 is 2.50 bits per heavy atom. The lowest BCUT2D eigenvalue weighted by Crippen LogP contribution is -2.17. The van der Waals surface area contributed by atoms with E-state index in [0.29, 0.717) is 0 Å². The number of nitrogens with one attached hydrogen (secondary N) is 1. The molecule has 0 aliphatic heterocycles. The summed E-state index contributed by atoms with van der Waals surface area (Å²) in [4.78, 5) is 17.5. The molecule has 0 saturated carbocycles. The van der Waals surface area contributed by atoms with Crippen LogP contribution >= 0.6 is 0 Å². The topological polar surface area (TPSA) is 100 Å². The molecule has 3 aromatic rings. The maximum Gasteiger partial charge on any atom is 0.215 e. The van der Waals surface area contributed by atoms with Crippen molar-refractivity contribution in [1.29, 1.82) is 0 Å². The van der Waals surface area contributed by atoms with Gasteiger partial charge in [-0.15, -0.1) is 0 Å². The Labute approximate surface area is 123 Å². The second-order valence-electron chi connectivity index (χ2n) is 4.49. The van der Waals surface area contributed by atoms with Crippen molar-refractivity contribution >= 4 is 20.9 Å². The van der Waals surface area contributed by atoms with Gasteiger partial charge in [0.1, 0.15) is 11.5 Å². The molecule has 0 unspecified atom stereocenters. The van der Waals surface area contributed by atoms with Crippen LogP contribution in [0.15, 0.2) is 57.2 Å². The molecule has 0 amide bonds. The van der Waals surface area contributed by atoms with E-state index in [1.807, 2.05) is 0 Å². The summed E-state index contributed by atoms with van der Waals surface area (Å²) >= 11 is 0. The molecule has 0 radical (unpaired) electrons. The van der Waals surface area contributed by atoms with E-state index in [1.54, 1.807) is 0 Å². The summed E-state index contributed by atoms with van der Waals surface area (Å²) in [7, 11) is -4.30. The van der Waals surface area contributed by atoms with Crippen molar-refractivity contribution in [2.24, 2.45) is 0 Å². The van der Waals surface area contributed by atoms with Crippen LogP contribution in [0.5, 0.6) is 5.88 Å². The van der Waals surface area contributed by atoms with Crippen LogP contribution < -0.4 is 5.43 Å². The van der Waals surface area contributed by atoms with E-state index in [-0.39, 0.29) is 15.9 Å². The molecule has 0 saturated heterocycles. The van der Waals surface area contributed by atoms with Crippen molar-refractivity contribution in [3.63, 3.8) is 0 Å². The number of halogens is 1. The number of sulfone groups is 1. The number of pyridine rings is 2. The average molecular weight is 320 g/mol. The number of aromatic hydroxyl groups is 1. The quantitative estimate of drug-likeness (QED) is 0.699. The van der Waals surface area contributed by atoms with Crippen molar-refractivity contribution in [3.8, 4) is 5.88 Å². The lowest BCUT2D eigenvalue weighted by atomic mass is 10.3. The highest BCUT2D eigenvalue weighted by Crippen LogP contribution is 2.25. The van der Waals surface area contributed by atoms with Gasteiger partial charge < -0.3 is 10.1 Å². The van der Waals surface area contributed by atoms with Crippen molar-refractivity contribution in [1.82, 2.24) is 9.97 Å². The number of hydrogen-bond acceptors (Lipinski definition) is 5. The fourth-order valence-electron chi connectivity index (χ4n) is 2.07. The Balaban J connectivity index is 2.34. The molecule has 2 N–H and O–H groups in total. The molecule has 6 nitrogen and oxygen atoms in total. The van der Waals surface area contributed by atoms with E-state index >= 15 is 0 Å². The number of nitrogens with zero attached hydrogens (tertiary/aromatic N) is 1. The number of fused-ring (bicyclic) bond motifs is 1. The van der Waals surface area contributed by atoms with E-state index < -0.39 is 31.9 Å². The summed E-state index contributed by atoms with van der Waals surface area (Å²) in [6, 6.07) is 6.84. The maximum atomic E-state index is 12.9.